The van der Waals surface area contributed by atoms with Crippen molar-refractivity contribution in [2.75, 3.05) is 12.4 Å². The minimum absolute atomic E-state index is 0.0873. The van der Waals surface area contributed by atoms with Crippen LogP contribution in [0.3, 0.4) is 0 Å². The smallest absolute Gasteiger partial charge is 0.338 e. The minimum atomic E-state index is -0.573. The molecule has 1 aromatic carbocycles. The monoisotopic (exact) mass is 292 g/mol. The fraction of sp³-hybridized carbons (Fsp3) is 0.533. The summed E-state index contributed by atoms with van der Waals surface area (Å²) in [7, 11) is 1.25. The molecule has 0 heterocycles. The van der Waals surface area contributed by atoms with Gasteiger partial charge in [0, 0.05) is 12.1 Å². The minimum Gasteiger partial charge on any atom is -0.465 e. The van der Waals surface area contributed by atoms with Gasteiger partial charge in [-0.1, -0.05) is 19.8 Å². The van der Waals surface area contributed by atoms with Gasteiger partial charge in [0.25, 0.3) is 5.69 Å². The molecule has 0 aromatic heterocycles. The van der Waals surface area contributed by atoms with Gasteiger partial charge in [-0.2, -0.15) is 0 Å². The van der Waals surface area contributed by atoms with Crippen molar-refractivity contribution in [3.05, 3.63) is 33.9 Å². The third-order valence-electron chi connectivity index (χ3n) is 4.07. The Morgan fingerprint density at radius 2 is 2.10 bits per heavy atom. The van der Waals surface area contributed by atoms with E-state index >= 15 is 0 Å². The molecule has 21 heavy (non-hydrogen) atoms. The first-order valence-corrected chi connectivity index (χ1v) is 7.16. The van der Waals surface area contributed by atoms with Gasteiger partial charge in [-0.15, -0.1) is 0 Å². The van der Waals surface area contributed by atoms with Gasteiger partial charge in [0.15, 0.2) is 0 Å². The molecule has 6 heteroatoms. The molecular weight excluding hydrogens is 272 g/mol. The van der Waals surface area contributed by atoms with Crippen molar-refractivity contribution < 1.29 is 14.5 Å². The van der Waals surface area contributed by atoms with Gasteiger partial charge < -0.3 is 10.1 Å². The molecule has 114 valence electrons. The summed E-state index contributed by atoms with van der Waals surface area (Å²) in [6.07, 6.45) is 4.49. The standard InChI is InChI=1S/C15H20N2O4/c1-10-5-3-4-6-12(10)16-13-8-7-11(15(18)21-2)9-14(13)17(19)20/h7-10,12,16H,3-6H2,1-2H3/t10-,12+/m0/s1. The zero-order valence-electron chi connectivity index (χ0n) is 12.3. The fourth-order valence-corrected chi connectivity index (χ4v) is 2.78. The van der Waals surface area contributed by atoms with E-state index in [1.807, 2.05) is 0 Å². The normalized spacial score (nSPS) is 21.6. The molecule has 0 amide bonds. The molecule has 2 rings (SSSR count). The average Bonchev–Trinajstić information content (AvgIpc) is 2.49. The summed E-state index contributed by atoms with van der Waals surface area (Å²) in [6.45, 7) is 2.16. The van der Waals surface area contributed by atoms with Crippen LogP contribution in [-0.2, 0) is 4.74 Å². The maximum absolute atomic E-state index is 11.5. The number of hydrogen-bond acceptors (Lipinski definition) is 5. The van der Waals surface area contributed by atoms with E-state index < -0.39 is 10.9 Å². The van der Waals surface area contributed by atoms with E-state index in [9.17, 15) is 14.9 Å². The summed E-state index contributed by atoms with van der Waals surface area (Å²) in [5.41, 5.74) is 0.563. The number of esters is 1. The molecule has 1 aliphatic carbocycles. The number of nitrogens with zero attached hydrogens (tertiary/aromatic N) is 1. The second-order valence-electron chi connectivity index (χ2n) is 5.49. The maximum atomic E-state index is 11.5. The van der Waals surface area contributed by atoms with E-state index in [1.165, 1.54) is 19.6 Å². The van der Waals surface area contributed by atoms with Crippen LogP contribution in [-0.4, -0.2) is 24.0 Å². The Bertz CT molecular complexity index is 544. The molecule has 0 bridgehead atoms. The Morgan fingerprint density at radius 1 is 1.38 bits per heavy atom. The number of rotatable bonds is 4. The second kappa shape index (κ2) is 6.56. The van der Waals surface area contributed by atoms with Gasteiger partial charge in [-0.05, 0) is 30.9 Å². The molecule has 6 nitrogen and oxygen atoms in total. The highest BCUT2D eigenvalue weighted by Gasteiger charge is 2.25. The Balaban J connectivity index is 2.26. The van der Waals surface area contributed by atoms with Crippen LogP contribution in [0.15, 0.2) is 18.2 Å². The van der Waals surface area contributed by atoms with Gasteiger partial charge in [0.1, 0.15) is 5.69 Å². The van der Waals surface area contributed by atoms with Crippen molar-refractivity contribution in [3.8, 4) is 0 Å². The molecule has 0 aliphatic heterocycles. The zero-order valence-corrected chi connectivity index (χ0v) is 12.3. The number of ether oxygens (including phenoxy) is 1. The highest BCUT2D eigenvalue weighted by molar-refractivity contribution is 5.91. The summed E-state index contributed by atoms with van der Waals surface area (Å²) in [4.78, 5) is 22.2. The van der Waals surface area contributed by atoms with Gasteiger partial charge >= 0.3 is 5.97 Å². The van der Waals surface area contributed by atoms with Crippen molar-refractivity contribution in [2.24, 2.45) is 5.92 Å². The first kappa shape index (κ1) is 15.3. The Hall–Kier alpha value is -2.11. The average molecular weight is 292 g/mol. The lowest BCUT2D eigenvalue weighted by Gasteiger charge is -2.30. The molecule has 0 radical (unpaired) electrons. The molecule has 0 unspecified atom stereocenters. The van der Waals surface area contributed by atoms with E-state index in [1.54, 1.807) is 12.1 Å². The summed E-state index contributed by atoms with van der Waals surface area (Å²) >= 11 is 0. The van der Waals surface area contributed by atoms with E-state index in [4.69, 9.17) is 0 Å². The predicted molar refractivity (Wildman–Crippen MR) is 79.5 cm³/mol. The van der Waals surface area contributed by atoms with Crippen LogP contribution in [0.1, 0.15) is 43.0 Å². The van der Waals surface area contributed by atoms with Crippen LogP contribution in [0.5, 0.6) is 0 Å². The number of carbonyl (C=O) groups is 1. The first-order valence-electron chi connectivity index (χ1n) is 7.16. The Kier molecular flexibility index (Phi) is 4.77. The first-order chi connectivity index (χ1) is 10.0. The molecule has 1 fully saturated rings. The number of nitrogens with one attached hydrogen (secondary N) is 1. The summed E-state index contributed by atoms with van der Waals surface area (Å²) in [6, 6.07) is 4.64. The lowest BCUT2D eigenvalue weighted by atomic mass is 9.86. The van der Waals surface area contributed by atoms with Crippen molar-refractivity contribution in [1.82, 2.24) is 0 Å². The molecule has 0 spiro atoms. The van der Waals surface area contributed by atoms with Crippen LogP contribution in [0.4, 0.5) is 11.4 Å². The number of nitro benzene ring substituents is 1. The number of anilines is 1. The topological polar surface area (TPSA) is 81.5 Å². The van der Waals surface area contributed by atoms with Gasteiger partial charge in [0.2, 0.25) is 0 Å². The fourth-order valence-electron chi connectivity index (χ4n) is 2.78. The molecular formula is C15H20N2O4. The number of methoxy groups -OCH3 is 1. The summed E-state index contributed by atoms with van der Waals surface area (Å²) in [5, 5.41) is 14.5. The third kappa shape index (κ3) is 3.51. The highest BCUT2D eigenvalue weighted by Crippen LogP contribution is 2.31. The summed E-state index contributed by atoms with van der Waals surface area (Å²) in [5.74, 6) is -0.0886. The number of carbonyl (C=O) groups excluding carboxylic acids is 1. The molecule has 0 saturated heterocycles. The van der Waals surface area contributed by atoms with Crippen molar-refractivity contribution in [1.29, 1.82) is 0 Å². The van der Waals surface area contributed by atoms with Crippen LogP contribution >= 0.6 is 0 Å². The van der Waals surface area contributed by atoms with Crippen molar-refractivity contribution >= 4 is 17.3 Å². The second-order valence-corrected chi connectivity index (χ2v) is 5.49. The van der Waals surface area contributed by atoms with Crippen molar-refractivity contribution in [2.45, 2.75) is 38.6 Å². The van der Waals surface area contributed by atoms with E-state index in [0.29, 0.717) is 11.6 Å². The molecule has 1 N–H and O–H groups in total. The molecule has 2 atom stereocenters. The molecule has 1 aliphatic rings. The van der Waals surface area contributed by atoms with Crippen LogP contribution in [0.2, 0.25) is 0 Å². The van der Waals surface area contributed by atoms with Crippen LogP contribution in [0.25, 0.3) is 0 Å². The number of nitro groups is 1. The number of benzene rings is 1. The predicted octanol–water partition coefficient (Wildman–Crippen LogP) is 3.37. The Labute approximate surface area is 123 Å². The maximum Gasteiger partial charge on any atom is 0.338 e. The number of hydrogen-bond donors (Lipinski definition) is 1. The Morgan fingerprint density at radius 3 is 2.71 bits per heavy atom. The SMILES string of the molecule is COC(=O)c1ccc(N[C@@H]2CCCC[C@@H]2C)c([N+](=O)[O-])c1. The molecule has 1 saturated carbocycles. The lowest BCUT2D eigenvalue weighted by molar-refractivity contribution is -0.384. The zero-order chi connectivity index (χ0) is 15.4. The van der Waals surface area contributed by atoms with Gasteiger partial charge in [-0.3, -0.25) is 10.1 Å². The van der Waals surface area contributed by atoms with E-state index in [0.717, 1.165) is 19.3 Å². The third-order valence-corrected chi connectivity index (χ3v) is 4.07. The van der Waals surface area contributed by atoms with Gasteiger partial charge in [-0.25, -0.2) is 4.79 Å². The van der Waals surface area contributed by atoms with Gasteiger partial charge in [0.05, 0.1) is 17.6 Å². The lowest BCUT2D eigenvalue weighted by Crippen LogP contribution is -2.30. The van der Waals surface area contributed by atoms with Crippen molar-refractivity contribution in [3.63, 3.8) is 0 Å². The van der Waals surface area contributed by atoms with Crippen LogP contribution in [0, 0.1) is 16.0 Å². The largest absolute Gasteiger partial charge is 0.465 e. The summed E-state index contributed by atoms with van der Waals surface area (Å²) < 4.78 is 4.60. The van der Waals surface area contributed by atoms with E-state index in [-0.39, 0.29) is 17.3 Å². The quantitative estimate of drug-likeness (QED) is 0.522. The van der Waals surface area contributed by atoms with Crippen LogP contribution < -0.4 is 5.32 Å². The van der Waals surface area contributed by atoms with E-state index in [2.05, 4.69) is 17.0 Å². The highest BCUT2D eigenvalue weighted by atomic mass is 16.6. The molecule has 1 aromatic rings.